The van der Waals surface area contributed by atoms with E-state index in [1.807, 2.05) is 12.1 Å². The molecule has 0 aromatic heterocycles. The Balaban J connectivity index is 2.22. The highest BCUT2D eigenvalue weighted by molar-refractivity contribution is 9.11. The second-order valence-corrected chi connectivity index (χ2v) is 7.47. The van der Waals surface area contributed by atoms with Crippen molar-refractivity contribution in [2.45, 2.75) is 13.5 Å². The van der Waals surface area contributed by atoms with Crippen molar-refractivity contribution in [3.63, 3.8) is 0 Å². The third-order valence-corrected chi connectivity index (χ3v) is 4.63. The van der Waals surface area contributed by atoms with Gasteiger partial charge in [0.2, 0.25) is 0 Å². The molecule has 0 radical (unpaired) electrons. The van der Waals surface area contributed by atoms with Crippen molar-refractivity contribution in [1.82, 2.24) is 0 Å². The van der Waals surface area contributed by atoms with Crippen molar-refractivity contribution in [1.29, 1.82) is 0 Å². The van der Waals surface area contributed by atoms with Crippen LogP contribution in [0.25, 0.3) is 0 Å². The van der Waals surface area contributed by atoms with Gasteiger partial charge < -0.3 is 10.1 Å². The maximum Gasteiger partial charge on any atom is 0.139 e. The topological polar surface area (TPSA) is 21.3 Å². The van der Waals surface area contributed by atoms with Gasteiger partial charge in [0.25, 0.3) is 0 Å². The van der Waals surface area contributed by atoms with Crippen LogP contribution in [0.4, 0.5) is 5.69 Å². The zero-order chi connectivity index (χ0) is 16.1. The maximum atomic E-state index is 5.78. The summed E-state index contributed by atoms with van der Waals surface area (Å²) in [6.45, 7) is 6.93. The molecule has 0 saturated carbocycles. The Bertz CT molecular complexity index is 686. The first-order chi connectivity index (χ1) is 10.5. The third kappa shape index (κ3) is 4.61. The number of hydrogen-bond donors (Lipinski definition) is 1. The van der Waals surface area contributed by atoms with E-state index in [2.05, 4.69) is 84.8 Å². The molecule has 2 nitrogen and oxygen atoms in total. The molecule has 1 N–H and O–H groups in total. The van der Waals surface area contributed by atoms with Gasteiger partial charge in [0.15, 0.2) is 0 Å². The predicted molar refractivity (Wildman–Crippen MR) is 104 cm³/mol. The van der Waals surface area contributed by atoms with Gasteiger partial charge in [-0.05, 0) is 58.7 Å². The van der Waals surface area contributed by atoms with Gasteiger partial charge in [-0.25, -0.2) is 0 Å². The van der Waals surface area contributed by atoms with Crippen LogP contribution < -0.4 is 10.1 Å². The molecule has 0 amide bonds. The normalized spacial score (nSPS) is 10.4. The van der Waals surface area contributed by atoms with Crippen molar-refractivity contribution in [3.8, 4) is 5.75 Å². The highest BCUT2D eigenvalue weighted by Crippen LogP contribution is 2.33. The summed E-state index contributed by atoms with van der Waals surface area (Å²) in [6.07, 6.45) is 1.74. The van der Waals surface area contributed by atoms with E-state index in [0.717, 1.165) is 30.4 Å². The van der Waals surface area contributed by atoms with Crippen molar-refractivity contribution in [3.05, 3.63) is 67.5 Å². The molecule has 5 heteroatoms. The van der Waals surface area contributed by atoms with E-state index in [4.69, 9.17) is 4.74 Å². The molecule has 2 aromatic rings. The second-order valence-electron chi connectivity index (χ2n) is 4.79. The molecule has 0 spiro atoms. The lowest BCUT2D eigenvalue weighted by molar-refractivity contribution is 0.357. The molecule has 2 rings (SSSR count). The highest BCUT2D eigenvalue weighted by Gasteiger charge is 2.10. The number of nitrogens with one attached hydrogen (secondary N) is 1. The van der Waals surface area contributed by atoms with Crippen LogP contribution in [-0.4, -0.2) is 6.61 Å². The van der Waals surface area contributed by atoms with E-state index < -0.39 is 0 Å². The summed E-state index contributed by atoms with van der Waals surface area (Å²) < 4.78 is 8.79. The van der Waals surface area contributed by atoms with Gasteiger partial charge in [-0.2, -0.15) is 0 Å². The minimum Gasteiger partial charge on any atom is -0.488 e. The fourth-order valence-electron chi connectivity index (χ4n) is 2.06. The first-order valence-corrected chi connectivity index (χ1v) is 9.11. The molecular formula is C17H16Br3NO. The van der Waals surface area contributed by atoms with Crippen LogP contribution in [0.2, 0.25) is 0 Å². The minimum atomic E-state index is 0.477. The van der Waals surface area contributed by atoms with Gasteiger partial charge in [-0.3, -0.25) is 0 Å². The largest absolute Gasteiger partial charge is 0.488 e. The smallest absolute Gasteiger partial charge is 0.139 e. The Morgan fingerprint density at radius 3 is 2.59 bits per heavy atom. The number of anilines is 1. The average Bonchev–Trinajstić information content (AvgIpc) is 2.45. The SMILES string of the molecule is C=CCOc1c(Br)cc(Br)cc1CNc1ccc(Br)cc1C. The van der Waals surface area contributed by atoms with Crippen molar-refractivity contribution in [2.75, 3.05) is 11.9 Å². The van der Waals surface area contributed by atoms with E-state index in [9.17, 15) is 0 Å². The molecule has 0 bridgehead atoms. The molecule has 22 heavy (non-hydrogen) atoms. The first kappa shape index (κ1) is 17.6. The highest BCUT2D eigenvalue weighted by atomic mass is 79.9. The van der Waals surface area contributed by atoms with Crippen molar-refractivity contribution < 1.29 is 4.74 Å². The lowest BCUT2D eigenvalue weighted by Crippen LogP contribution is -2.05. The summed E-state index contributed by atoms with van der Waals surface area (Å²) in [4.78, 5) is 0. The van der Waals surface area contributed by atoms with Gasteiger partial charge in [-0.1, -0.05) is 44.5 Å². The molecule has 116 valence electrons. The number of aryl methyl sites for hydroxylation is 1. The molecule has 0 heterocycles. The second kappa shape index (κ2) is 8.18. The zero-order valence-electron chi connectivity index (χ0n) is 12.1. The Hall–Kier alpha value is -0.780. The van der Waals surface area contributed by atoms with E-state index in [-0.39, 0.29) is 0 Å². The Kier molecular flexibility index (Phi) is 6.53. The van der Waals surface area contributed by atoms with Crippen LogP contribution in [0.15, 0.2) is 56.4 Å². The fraction of sp³-hybridized carbons (Fsp3) is 0.176. The summed E-state index contributed by atoms with van der Waals surface area (Å²) in [5, 5.41) is 3.46. The Morgan fingerprint density at radius 1 is 1.14 bits per heavy atom. The molecular weight excluding hydrogens is 474 g/mol. The lowest BCUT2D eigenvalue weighted by Gasteiger charge is -2.15. The summed E-state index contributed by atoms with van der Waals surface area (Å²) in [5.41, 5.74) is 3.37. The van der Waals surface area contributed by atoms with Crippen molar-refractivity contribution in [2.24, 2.45) is 0 Å². The van der Waals surface area contributed by atoms with Gasteiger partial charge >= 0.3 is 0 Å². The monoisotopic (exact) mass is 487 g/mol. The quantitative estimate of drug-likeness (QED) is 0.470. The van der Waals surface area contributed by atoms with Crippen LogP contribution in [0.5, 0.6) is 5.75 Å². The van der Waals surface area contributed by atoms with Crippen LogP contribution in [-0.2, 0) is 6.54 Å². The summed E-state index contributed by atoms with van der Waals surface area (Å²) in [6, 6.07) is 10.2. The van der Waals surface area contributed by atoms with E-state index in [1.54, 1.807) is 6.08 Å². The number of ether oxygens (including phenoxy) is 1. The van der Waals surface area contributed by atoms with Crippen LogP contribution in [0.1, 0.15) is 11.1 Å². The van der Waals surface area contributed by atoms with E-state index >= 15 is 0 Å². The third-order valence-electron chi connectivity index (χ3n) is 3.09. The van der Waals surface area contributed by atoms with Crippen LogP contribution >= 0.6 is 47.8 Å². The molecule has 0 unspecified atom stereocenters. The Labute approximate surface area is 156 Å². The average molecular weight is 490 g/mol. The summed E-state index contributed by atoms with van der Waals surface area (Å²) in [5.74, 6) is 0.838. The number of rotatable bonds is 6. The lowest BCUT2D eigenvalue weighted by atomic mass is 10.1. The minimum absolute atomic E-state index is 0.477. The number of benzene rings is 2. The summed E-state index contributed by atoms with van der Waals surface area (Å²) >= 11 is 10.6. The molecule has 0 saturated heterocycles. The molecule has 2 aromatic carbocycles. The number of hydrogen-bond acceptors (Lipinski definition) is 2. The number of halogens is 3. The van der Waals surface area contributed by atoms with Gasteiger partial charge in [0.1, 0.15) is 12.4 Å². The van der Waals surface area contributed by atoms with Crippen LogP contribution in [0, 0.1) is 6.92 Å². The van der Waals surface area contributed by atoms with E-state index in [1.165, 1.54) is 5.56 Å². The molecule has 0 aliphatic carbocycles. The van der Waals surface area contributed by atoms with Crippen LogP contribution in [0.3, 0.4) is 0 Å². The van der Waals surface area contributed by atoms with Gasteiger partial charge in [-0.15, -0.1) is 0 Å². The van der Waals surface area contributed by atoms with Crippen molar-refractivity contribution >= 4 is 53.5 Å². The molecule has 0 aliphatic rings. The van der Waals surface area contributed by atoms with Gasteiger partial charge in [0, 0.05) is 26.7 Å². The maximum absolute atomic E-state index is 5.78. The zero-order valence-corrected chi connectivity index (χ0v) is 16.9. The summed E-state index contributed by atoms with van der Waals surface area (Å²) in [7, 11) is 0. The first-order valence-electron chi connectivity index (χ1n) is 6.73. The predicted octanol–water partition coefficient (Wildman–Crippen LogP) is 6.46. The molecule has 0 fully saturated rings. The molecule has 0 aliphatic heterocycles. The Morgan fingerprint density at radius 2 is 1.91 bits per heavy atom. The van der Waals surface area contributed by atoms with E-state index in [0.29, 0.717) is 13.2 Å². The fourth-order valence-corrected chi connectivity index (χ4v) is 3.97. The standard InChI is InChI=1S/C17H16Br3NO/c1-3-6-22-17-12(8-14(19)9-15(17)20)10-21-16-5-4-13(18)7-11(16)2/h3-5,7-9,21H,1,6,10H2,2H3. The van der Waals surface area contributed by atoms with Gasteiger partial charge in [0.05, 0.1) is 4.47 Å². The molecule has 0 atom stereocenters.